The Morgan fingerprint density at radius 3 is 2.48 bits per heavy atom. The summed E-state index contributed by atoms with van der Waals surface area (Å²) in [6.07, 6.45) is 5.14. The lowest BCUT2D eigenvalue weighted by molar-refractivity contribution is 0.0914. The molecule has 1 aliphatic rings. The number of carbonyl (C=O) groups is 1. The molecule has 0 spiro atoms. The molecule has 0 radical (unpaired) electrons. The minimum absolute atomic E-state index is 0.0384. The van der Waals surface area contributed by atoms with Crippen molar-refractivity contribution in [3.8, 4) is 0 Å². The van der Waals surface area contributed by atoms with Crippen LogP contribution in [-0.4, -0.2) is 56.3 Å². The van der Waals surface area contributed by atoms with E-state index in [1.54, 1.807) is 25.3 Å². The predicted octanol–water partition coefficient (Wildman–Crippen LogP) is 3.58. The Morgan fingerprint density at radius 2 is 1.87 bits per heavy atom. The molecule has 0 aliphatic carbocycles. The molecule has 170 valence electrons. The van der Waals surface area contributed by atoms with E-state index in [1.165, 1.54) is 16.8 Å². The zero-order chi connectivity index (χ0) is 22.4. The number of nitrogens with one attached hydrogen (secondary N) is 1. The van der Waals surface area contributed by atoms with Crippen LogP contribution in [0.3, 0.4) is 0 Å². The summed E-state index contributed by atoms with van der Waals surface area (Å²) < 4.78 is 33.0. The number of benzene rings is 1. The molecule has 1 unspecified atom stereocenters. The van der Waals surface area contributed by atoms with Crippen LogP contribution >= 0.6 is 0 Å². The number of sulfonamides is 1. The first-order valence-corrected chi connectivity index (χ1v) is 12.5. The van der Waals surface area contributed by atoms with Crippen molar-refractivity contribution in [3.63, 3.8) is 0 Å². The molecule has 1 aromatic heterocycles. The van der Waals surface area contributed by atoms with E-state index in [4.69, 9.17) is 4.42 Å². The molecule has 1 aromatic carbocycles. The Labute approximate surface area is 185 Å². The van der Waals surface area contributed by atoms with Crippen LogP contribution in [0.15, 0.2) is 45.9 Å². The van der Waals surface area contributed by atoms with E-state index in [-0.39, 0.29) is 16.8 Å². The molecule has 2 aromatic rings. The first-order valence-electron chi connectivity index (χ1n) is 11.0. The third-order valence-corrected chi connectivity index (χ3v) is 8.12. The van der Waals surface area contributed by atoms with Gasteiger partial charge in [0.2, 0.25) is 10.0 Å². The third-order valence-electron chi connectivity index (χ3n) is 5.93. The number of carbonyl (C=O) groups excluding carboxylic acids is 1. The van der Waals surface area contributed by atoms with Crippen LogP contribution < -0.4 is 5.32 Å². The fraction of sp³-hybridized carbons (Fsp3) is 0.522. The second kappa shape index (κ2) is 10.4. The molecule has 31 heavy (non-hydrogen) atoms. The maximum absolute atomic E-state index is 13.0. The summed E-state index contributed by atoms with van der Waals surface area (Å²) in [5, 5.41) is 2.99. The lowest BCUT2D eigenvalue weighted by Gasteiger charge is -2.33. The van der Waals surface area contributed by atoms with Gasteiger partial charge in [0.15, 0.2) is 0 Å². The summed E-state index contributed by atoms with van der Waals surface area (Å²) in [5.74, 6) is 0.542. The van der Waals surface area contributed by atoms with E-state index in [9.17, 15) is 13.2 Å². The van der Waals surface area contributed by atoms with Crippen LogP contribution in [0, 0.1) is 6.92 Å². The van der Waals surface area contributed by atoms with E-state index < -0.39 is 10.0 Å². The molecule has 1 saturated heterocycles. The molecular weight excluding hydrogens is 414 g/mol. The van der Waals surface area contributed by atoms with Crippen molar-refractivity contribution in [3.05, 3.63) is 53.5 Å². The van der Waals surface area contributed by atoms with E-state index in [0.717, 1.165) is 31.7 Å². The van der Waals surface area contributed by atoms with Crippen molar-refractivity contribution in [2.45, 2.75) is 51.0 Å². The highest BCUT2D eigenvalue weighted by Gasteiger charge is 2.27. The number of piperidine rings is 1. The van der Waals surface area contributed by atoms with Crippen molar-refractivity contribution in [1.82, 2.24) is 14.5 Å². The highest BCUT2D eigenvalue weighted by atomic mass is 32.2. The number of amides is 1. The van der Waals surface area contributed by atoms with Gasteiger partial charge in [0.25, 0.3) is 5.91 Å². The van der Waals surface area contributed by atoms with Crippen LogP contribution in [0.2, 0.25) is 0 Å². The number of hydrogen-bond acceptors (Lipinski definition) is 5. The predicted molar refractivity (Wildman–Crippen MR) is 120 cm³/mol. The van der Waals surface area contributed by atoms with Crippen LogP contribution in [0.5, 0.6) is 0 Å². The van der Waals surface area contributed by atoms with Crippen molar-refractivity contribution in [2.75, 3.05) is 32.7 Å². The van der Waals surface area contributed by atoms with Gasteiger partial charge in [-0.3, -0.25) is 9.69 Å². The molecule has 1 fully saturated rings. The number of likely N-dealkylation sites (tertiary alicyclic amines) is 1. The molecule has 7 nitrogen and oxygen atoms in total. The topological polar surface area (TPSA) is 82.9 Å². The second-order valence-corrected chi connectivity index (χ2v) is 9.81. The van der Waals surface area contributed by atoms with Gasteiger partial charge in [-0.15, -0.1) is 0 Å². The van der Waals surface area contributed by atoms with Gasteiger partial charge in [0.05, 0.1) is 17.2 Å². The van der Waals surface area contributed by atoms with Crippen LogP contribution in [-0.2, 0) is 10.0 Å². The summed E-state index contributed by atoms with van der Waals surface area (Å²) in [6, 6.07) is 8.61. The maximum atomic E-state index is 13.0. The van der Waals surface area contributed by atoms with Crippen molar-refractivity contribution in [2.24, 2.45) is 0 Å². The molecular formula is C23H33N3O4S. The molecule has 3 rings (SSSR count). The van der Waals surface area contributed by atoms with Crippen LogP contribution in [0.1, 0.15) is 60.8 Å². The normalized spacial score (nSPS) is 16.4. The summed E-state index contributed by atoms with van der Waals surface area (Å²) in [4.78, 5) is 15.5. The smallest absolute Gasteiger partial charge is 0.251 e. The minimum Gasteiger partial charge on any atom is -0.468 e. The third kappa shape index (κ3) is 5.37. The lowest BCUT2D eigenvalue weighted by atomic mass is 10.1. The number of aryl methyl sites for hydroxylation is 1. The molecule has 0 saturated carbocycles. The molecule has 2 heterocycles. The van der Waals surface area contributed by atoms with Gasteiger partial charge in [0.1, 0.15) is 5.76 Å². The average molecular weight is 448 g/mol. The van der Waals surface area contributed by atoms with Gasteiger partial charge in [-0.2, -0.15) is 4.31 Å². The van der Waals surface area contributed by atoms with E-state index >= 15 is 0 Å². The Hall–Kier alpha value is -2.16. The largest absolute Gasteiger partial charge is 0.468 e. The summed E-state index contributed by atoms with van der Waals surface area (Å²) in [6.45, 7) is 8.48. The van der Waals surface area contributed by atoms with E-state index in [1.807, 2.05) is 26.0 Å². The molecule has 1 N–H and O–H groups in total. The first kappa shape index (κ1) is 23.5. The maximum Gasteiger partial charge on any atom is 0.251 e. The molecule has 1 aliphatic heterocycles. The van der Waals surface area contributed by atoms with Gasteiger partial charge in [-0.05, 0) is 62.7 Å². The fourth-order valence-corrected chi connectivity index (χ4v) is 5.84. The number of nitrogens with zero attached hydrogens (tertiary/aromatic N) is 2. The Balaban J connectivity index is 1.78. The van der Waals surface area contributed by atoms with Crippen molar-refractivity contribution >= 4 is 15.9 Å². The molecule has 8 heteroatoms. The molecule has 0 bridgehead atoms. The second-order valence-electron chi connectivity index (χ2n) is 7.91. The number of furan rings is 1. The van der Waals surface area contributed by atoms with Gasteiger partial charge >= 0.3 is 0 Å². The van der Waals surface area contributed by atoms with Gasteiger partial charge in [-0.1, -0.05) is 26.3 Å². The summed E-state index contributed by atoms with van der Waals surface area (Å²) >= 11 is 0. The van der Waals surface area contributed by atoms with Gasteiger partial charge in [-0.25, -0.2) is 8.42 Å². The first-order chi connectivity index (χ1) is 14.9. The SMILES string of the molecule is CCN(CC)S(=O)(=O)c1cc(C(=O)NCC(c2ccco2)N2CCCCC2)ccc1C. The van der Waals surface area contributed by atoms with Crippen molar-refractivity contribution < 1.29 is 17.6 Å². The highest BCUT2D eigenvalue weighted by molar-refractivity contribution is 7.89. The molecule has 1 atom stereocenters. The number of rotatable bonds is 9. The van der Waals surface area contributed by atoms with E-state index in [2.05, 4.69) is 10.2 Å². The highest BCUT2D eigenvalue weighted by Crippen LogP contribution is 2.25. The summed E-state index contributed by atoms with van der Waals surface area (Å²) in [7, 11) is -3.64. The average Bonchev–Trinajstić information content (AvgIpc) is 3.30. The van der Waals surface area contributed by atoms with Crippen LogP contribution in [0.4, 0.5) is 0 Å². The lowest BCUT2D eigenvalue weighted by Crippen LogP contribution is -2.40. The van der Waals surface area contributed by atoms with Gasteiger partial charge < -0.3 is 9.73 Å². The molecule has 1 amide bonds. The Kier molecular flexibility index (Phi) is 7.91. The quantitative estimate of drug-likeness (QED) is 0.635. The standard InChI is InChI=1S/C23H33N3O4S/c1-4-26(5-2)31(28,29)22-16-19(12-11-18(22)3)23(27)24-17-20(21-10-9-15-30-21)25-13-7-6-8-14-25/h9-12,15-16,20H,4-8,13-14,17H2,1-3H3,(H,24,27). The fourth-order valence-electron chi connectivity index (χ4n) is 4.13. The monoisotopic (exact) mass is 447 g/mol. The van der Waals surface area contributed by atoms with Crippen LogP contribution in [0.25, 0.3) is 0 Å². The van der Waals surface area contributed by atoms with Gasteiger partial charge in [0, 0.05) is 25.2 Å². The zero-order valence-corrected chi connectivity index (χ0v) is 19.5. The Bertz CT molecular complexity index is 963. The zero-order valence-electron chi connectivity index (χ0n) is 18.6. The van der Waals surface area contributed by atoms with Crippen molar-refractivity contribution in [1.29, 1.82) is 0 Å². The number of hydrogen-bond donors (Lipinski definition) is 1. The van der Waals surface area contributed by atoms with E-state index in [0.29, 0.717) is 30.8 Å². The summed E-state index contributed by atoms with van der Waals surface area (Å²) in [5.41, 5.74) is 0.971. The minimum atomic E-state index is -3.64. The Morgan fingerprint density at radius 1 is 1.16 bits per heavy atom.